The second kappa shape index (κ2) is 4.70. The van der Waals surface area contributed by atoms with E-state index in [0.717, 1.165) is 12.1 Å². The Morgan fingerprint density at radius 2 is 2.00 bits per heavy atom. The molecule has 0 spiro atoms. The van der Waals surface area contributed by atoms with Crippen LogP contribution in [0.1, 0.15) is 10.4 Å². The van der Waals surface area contributed by atoms with Crippen LogP contribution in [0.4, 0.5) is 14.5 Å². The van der Waals surface area contributed by atoms with E-state index in [4.69, 9.17) is 10.2 Å². The van der Waals surface area contributed by atoms with E-state index in [9.17, 15) is 13.6 Å². The van der Waals surface area contributed by atoms with E-state index in [1.807, 2.05) is 0 Å². The molecule has 0 aliphatic rings. The summed E-state index contributed by atoms with van der Waals surface area (Å²) < 4.78 is 26.2. The number of hydrogen-bond donors (Lipinski definition) is 3. The molecule has 0 aliphatic carbocycles. The zero-order valence-electron chi connectivity index (χ0n) is 7.63. The summed E-state index contributed by atoms with van der Waals surface area (Å²) in [6.45, 7) is -0.176. The molecule has 0 atom stereocenters. The molecule has 4 nitrogen and oxygen atoms in total. The molecule has 3 N–H and O–H groups in total. The van der Waals surface area contributed by atoms with Crippen molar-refractivity contribution in [1.29, 1.82) is 0 Å². The van der Waals surface area contributed by atoms with Gasteiger partial charge in [0.05, 0.1) is 17.9 Å². The number of aliphatic hydroxyl groups is 1. The number of anilines is 1. The largest absolute Gasteiger partial charge is 0.478 e. The summed E-state index contributed by atoms with van der Waals surface area (Å²) in [6, 6.07) is 2.07. The highest BCUT2D eigenvalue weighted by atomic mass is 19.2. The molecule has 0 saturated heterocycles. The topological polar surface area (TPSA) is 69.6 Å². The lowest BCUT2D eigenvalue weighted by atomic mass is 10.2. The second-order valence-electron chi connectivity index (χ2n) is 2.74. The summed E-state index contributed by atoms with van der Waals surface area (Å²) >= 11 is 0. The van der Waals surface area contributed by atoms with Crippen LogP contribution in [0.5, 0.6) is 0 Å². The highest BCUT2D eigenvalue weighted by Crippen LogP contribution is 2.20. The third-order valence-electron chi connectivity index (χ3n) is 1.74. The first-order chi connectivity index (χ1) is 7.07. The van der Waals surface area contributed by atoms with Gasteiger partial charge in [-0.2, -0.15) is 0 Å². The van der Waals surface area contributed by atoms with Gasteiger partial charge in [-0.15, -0.1) is 0 Å². The van der Waals surface area contributed by atoms with Gasteiger partial charge >= 0.3 is 5.97 Å². The molecule has 82 valence electrons. The Balaban J connectivity index is 3.04. The molecule has 0 heterocycles. The Morgan fingerprint density at radius 1 is 1.33 bits per heavy atom. The number of aromatic carboxylic acids is 1. The first-order valence-electron chi connectivity index (χ1n) is 4.14. The van der Waals surface area contributed by atoms with E-state index >= 15 is 0 Å². The Labute approximate surface area is 84.2 Å². The highest BCUT2D eigenvalue weighted by Gasteiger charge is 2.17. The molecule has 6 heteroatoms. The van der Waals surface area contributed by atoms with Gasteiger partial charge in [0.15, 0.2) is 11.6 Å². The number of nitrogens with one attached hydrogen (secondary N) is 1. The molecule has 1 rings (SSSR count). The van der Waals surface area contributed by atoms with Crippen molar-refractivity contribution in [2.24, 2.45) is 0 Å². The standard InChI is InChI=1S/C9H9F2NO3/c10-7-5(9(14)15)1-2-6(8(7)11)12-3-4-13/h1-2,12-13H,3-4H2,(H,14,15). The summed E-state index contributed by atoms with van der Waals surface area (Å²) in [6.07, 6.45) is 0. The van der Waals surface area contributed by atoms with Crippen molar-refractivity contribution in [3.63, 3.8) is 0 Å². The van der Waals surface area contributed by atoms with Crippen LogP contribution in [0.2, 0.25) is 0 Å². The van der Waals surface area contributed by atoms with Gasteiger partial charge in [0.2, 0.25) is 0 Å². The Kier molecular flexibility index (Phi) is 3.56. The monoisotopic (exact) mass is 217 g/mol. The third-order valence-corrected chi connectivity index (χ3v) is 1.74. The number of hydrogen-bond acceptors (Lipinski definition) is 3. The zero-order chi connectivity index (χ0) is 11.4. The van der Waals surface area contributed by atoms with Gasteiger partial charge in [0.25, 0.3) is 0 Å². The van der Waals surface area contributed by atoms with Gasteiger partial charge in [-0.05, 0) is 12.1 Å². The molecule has 0 radical (unpaired) electrons. The molecule has 1 aromatic carbocycles. The molecule has 0 aliphatic heterocycles. The summed E-state index contributed by atoms with van der Waals surface area (Å²) in [5.41, 5.74) is -0.895. The van der Waals surface area contributed by atoms with Crippen molar-refractivity contribution >= 4 is 11.7 Å². The first kappa shape index (κ1) is 11.4. The van der Waals surface area contributed by atoms with Crippen molar-refractivity contribution in [2.45, 2.75) is 0 Å². The Morgan fingerprint density at radius 3 is 2.53 bits per heavy atom. The van der Waals surface area contributed by atoms with Crippen molar-refractivity contribution in [3.05, 3.63) is 29.3 Å². The number of carboxylic acids is 1. The Bertz CT molecular complexity index is 382. The average molecular weight is 217 g/mol. The minimum Gasteiger partial charge on any atom is -0.478 e. The maximum absolute atomic E-state index is 13.2. The maximum Gasteiger partial charge on any atom is 0.338 e. The van der Waals surface area contributed by atoms with Crippen molar-refractivity contribution < 1.29 is 23.8 Å². The molecular weight excluding hydrogens is 208 g/mol. The fourth-order valence-electron chi connectivity index (χ4n) is 1.04. The van der Waals surface area contributed by atoms with Crippen LogP contribution >= 0.6 is 0 Å². The molecule has 0 bridgehead atoms. The molecule has 0 unspecified atom stereocenters. The molecular formula is C9H9F2NO3. The van der Waals surface area contributed by atoms with Gasteiger partial charge in [-0.25, -0.2) is 13.6 Å². The van der Waals surface area contributed by atoms with Crippen molar-refractivity contribution in [2.75, 3.05) is 18.5 Å². The van der Waals surface area contributed by atoms with E-state index in [2.05, 4.69) is 5.32 Å². The summed E-state index contributed by atoms with van der Waals surface area (Å²) in [5, 5.41) is 19.4. The predicted octanol–water partition coefficient (Wildman–Crippen LogP) is 1.07. The lowest BCUT2D eigenvalue weighted by Gasteiger charge is -2.07. The SMILES string of the molecule is O=C(O)c1ccc(NCCO)c(F)c1F. The second-order valence-corrected chi connectivity index (χ2v) is 2.74. The number of aliphatic hydroxyl groups excluding tert-OH is 1. The van der Waals surface area contributed by atoms with Crippen LogP contribution in [-0.2, 0) is 0 Å². The summed E-state index contributed by atoms with van der Waals surface area (Å²) in [4.78, 5) is 10.4. The molecule has 0 fully saturated rings. The van der Waals surface area contributed by atoms with E-state index < -0.39 is 23.2 Å². The number of carboxylic acid groups (broad SMARTS) is 1. The molecule has 0 aromatic heterocycles. The quantitative estimate of drug-likeness (QED) is 0.705. The van der Waals surface area contributed by atoms with E-state index in [1.165, 1.54) is 0 Å². The summed E-state index contributed by atoms with van der Waals surface area (Å²) in [5.74, 6) is -4.20. The predicted molar refractivity (Wildman–Crippen MR) is 48.9 cm³/mol. The Hall–Kier alpha value is -1.69. The molecule has 1 aromatic rings. The number of halogens is 2. The van der Waals surface area contributed by atoms with Crippen LogP contribution < -0.4 is 5.32 Å². The van der Waals surface area contributed by atoms with Crippen LogP contribution in [0.3, 0.4) is 0 Å². The number of rotatable bonds is 4. The van der Waals surface area contributed by atoms with E-state index in [1.54, 1.807) is 0 Å². The van der Waals surface area contributed by atoms with Crippen molar-refractivity contribution in [1.82, 2.24) is 0 Å². The first-order valence-corrected chi connectivity index (χ1v) is 4.14. The lowest BCUT2D eigenvalue weighted by Crippen LogP contribution is -2.10. The van der Waals surface area contributed by atoms with Crippen LogP contribution in [0, 0.1) is 11.6 Å². The summed E-state index contributed by atoms with van der Waals surface area (Å²) in [7, 11) is 0. The van der Waals surface area contributed by atoms with Crippen LogP contribution in [0.25, 0.3) is 0 Å². The van der Waals surface area contributed by atoms with E-state index in [-0.39, 0.29) is 18.8 Å². The van der Waals surface area contributed by atoms with Gasteiger partial charge < -0.3 is 15.5 Å². The lowest BCUT2D eigenvalue weighted by molar-refractivity contribution is 0.0690. The fraction of sp³-hybridized carbons (Fsp3) is 0.222. The normalized spacial score (nSPS) is 10.1. The highest BCUT2D eigenvalue weighted by molar-refractivity contribution is 5.88. The molecule has 15 heavy (non-hydrogen) atoms. The van der Waals surface area contributed by atoms with Crippen LogP contribution in [-0.4, -0.2) is 29.3 Å². The van der Waals surface area contributed by atoms with Gasteiger partial charge in [0.1, 0.15) is 0 Å². The number of benzene rings is 1. The fourth-order valence-corrected chi connectivity index (χ4v) is 1.04. The van der Waals surface area contributed by atoms with Gasteiger partial charge in [-0.3, -0.25) is 0 Å². The minimum absolute atomic E-state index is 0.0583. The van der Waals surface area contributed by atoms with Gasteiger partial charge in [-0.1, -0.05) is 0 Å². The molecule has 0 saturated carbocycles. The van der Waals surface area contributed by atoms with E-state index in [0.29, 0.717) is 0 Å². The number of carbonyl (C=O) groups is 1. The molecule has 0 amide bonds. The van der Waals surface area contributed by atoms with Crippen LogP contribution in [0.15, 0.2) is 12.1 Å². The third kappa shape index (κ3) is 2.41. The van der Waals surface area contributed by atoms with Gasteiger partial charge in [0, 0.05) is 6.54 Å². The maximum atomic E-state index is 13.2. The zero-order valence-corrected chi connectivity index (χ0v) is 7.63. The smallest absolute Gasteiger partial charge is 0.338 e. The van der Waals surface area contributed by atoms with Crippen molar-refractivity contribution in [3.8, 4) is 0 Å². The minimum atomic E-state index is -1.53. The average Bonchev–Trinajstić information content (AvgIpc) is 2.20.